The van der Waals surface area contributed by atoms with Crippen molar-refractivity contribution >= 4 is 6.09 Å². The highest BCUT2D eigenvalue weighted by Gasteiger charge is 2.27. The minimum absolute atomic E-state index is 0.224. The largest absolute Gasteiger partial charge is 0.444 e. The van der Waals surface area contributed by atoms with Gasteiger partial charge >= 0.3 is 6.09 Å². The minimum Gasteiger partial charge on any atom is -0.444 e. The molecule has 0 aromatic carbocycles. The summed E-state index contributed by atoms with van der Waals surface area (Å²) in [6, 6.07) is 0.306. The van der Waals surface area contributed by atoms with Crippen molar-refractivity contribution in [1.29, 1.82) is 0 Å². The Morgan fingerprint density at radius 1 is 1.50 bits per heavy atom. The van der Waals surface area contributed by atoms with Crippen LogP contribution < -0.4 is 5.32 Å². The number of rotatable bonds is 5. The van der Waals surface area contributed by atoms with Gasteiger partial charge in [-0.2, -0.15) is 0 Å². The molecule has 1 aliphatic rings. The predicted octanol–water partition coefficient (Wildman–Crippen LogP) is 2.14. The molecular weight excluding hydrogens is 256 g/mol. The number of carbonyl (C=O) groups excluding carboxylic acids is 1. The van der Waals surface area contributed by atoms with E-state index in [1.165, 1.54) is 0 Å². The van der Waals surface area contributed by atoms with E-state index in [-0.39, 0.29) is 12.2 Å². The molecule has 118 valence electrons. The van der Waals surface area contributed by atoms with E-state index < -0.39 is 5.60 Å². The van der Waals surface area contributed by atoms with Gasteiger partial charge in [0.1, 0.15) is 5.60 Å². The van der Waals surface area contributed by atoms with Gasteiger partial charge < -0.3 is 20.1 Å². The topological polar surface area (TPSA) is 61.8 Å². The van der Waals surface area contributed by atoms with Crippen molar-refractivity contribution in [3.63, 3.8) is 0 Å². The maximum Gasteiger partial charge on any atom is 0.410 e. The Morgan fingerprint density at radius 3 is 2.80 bits per heavy atom. The molecule has 1 aliphatic heterocycles. The fraction of sp³-hybridized carbons (Fsp3) is 0.933. The minimum atomic E-state index is -0.442. The number of aliphatic hydroxyl groups is 1. The van der Waals surface area contributed by atoms with Crippen LogP contribution in [0.1, 0.15) is 53.4 Å². The first-order valence-corrected chi connectivity index (χ1v) is 7.71. The number of aliphatic hydroxyl groups excluding tert-OH is 1. The van der Waals surface area contributed by atoms with Crippen molar-refractivity contribution in [3.05, 3.63) is 0 Å². The summed E-state index contributed by atoms with van der Waals surface area (Å²) in [5.74, 6) is 0. The molecule has 0 bridgehead atoms. The molecular formula is C15H30N2O3. The summed E-state index contributed by atoms with van der Waals surface area (Å²) in [6.07, 6.45) is 3.16. The number of carbonyl (C=O) groups is 1. The number of hydrogen-bond acceptors (Lipinski definition) is 4. The maximum absolute atomic E-state index is 12.0. The number of amides is 1. The van der Waals surface area contributed by atoms with Gasteiger partial charge in [0.2, 0.25) is 0 Å². The van der Waals surface area contributed by atoms with Crippen LogP contribution in [0.5, 0.6) is 0 Å². The van der Waals surface area contributed by atoms with E-state index >= 15 is 0 Å². The summed E-state index contributed by atoms with van der Waals surface area (Å²) in [4.78, 5) is 13.8. The molecule has 0 radical (unpaired) electrons. The van der Waals surface area contributed by atoms with Gasteiger partial charge in [-0.1, -0.05) is 6.92 Å². The van der Waals surface area contributed by atoms with Gasteiger partial charge in [0, 0.05) is 19.1 Å². The quantitative estimate of drug-likeness (QED) is 0.813. The standard InChI is InChI=1S/C15H30N2O3/c1-5-13(18)8-9-16-12-7-6-10-17(11-12)14(19)20-15(2,3)4/h12-13,16,18H,5-11H2,1-4H3. The third kappa shape index (κ3) is 6.57. The third-order valence-electron chi connectivity index (χ3n) is 3.45. The number of hydrogen-bond donors (Lipinski definition) is 2. The number of likely N-dealkylation sites (tertiary alicyclic amines) is 1. The summed E-state index contributed by atoms with van der Waals surface area (Å²) >= 11 is 0. The van der Waals surface area contributed by atoms with Crippen LogP contribution in [0.3, 0.4) is 0 Å². The molecule has 2 atom stereocenters. The molecule has 2 N–H and O–H groups in total. The van der Waals surface area contributed by atoms with E-state index in [4.69, 9.17) is 4.74 Å². The van der Waals surface area contributed by atoms with Crippen LogP contribution in [0.25, 0.3) is 0 Å². The van der Waals surface area contributed by atoms with Crippen LogP contribution in [-0.2, 0) is 4.74 Å². The highest BCUT2D eigenvalue weighted by molar-refractivity contribution is 5.68. The number of nitrogens with one attached hydrogen (secondary N) is 1. The smallest absolute Gasteiger partial charge is 0.410 e. The zero-order valence-corrected chi connectivity index (χ0v) is 13.3. The van der Waals surface area contributed by atoms with Gasteiger partial charge in [-0.15, -0.1) is 0 Å². The Labute approximate surface area is 122 Å². The summed E-state index contributed by atoms with van der Waals surface area (Å²) < 4.78 is 5.40. The molecule has 1 heterocycles. The lowest BCUT2D eigenvalue weighted by Gasteiger charge is -2.34. The lowest BCUT2D eigenvalue weighted by molar-refractivity contribution is 0.0186. The first-order valence-electron chi connectivity index (χ1n) is 7.71. The second-order valence-electron chi connectivity index (χ2n) is 6.57. The number of ether oxygens (including phenoxy) is 1. The van der Waals surface area contributed by atoms with E-state index in [2.05, 4.69) is 5.32 Å². The van der Waals surface area contributed by atoms with Crippen molar-refractivity contribution in [2.45, 2.75) is 71.1 Å². The van der Waals surface area contributed by atoms with Crippen LogP contribution >= 0.6 is 0 Å². The van der Waals surface area contributed by atoms with Crippen molar-refractivity contribution in [1.82, 2.24) is 10.2 Å². The van der Waals surface area contributed by atoms with Crippen molar-refractivity contribution in [3.8, 4) is 0 Å². The van der Waals surface area contributed by atoms with Gasteiger partial charge in [-0.25, -0.2) is 4.79 Å². The number of piperidine rings is 1. The zero-order valence-electron chi connectivity index (χ0n) is 13.3. The average molecular weight is 286 g/mol. The van der Waals surface area contributed by atoms with Crippen LogP contribution in [0.4, 0.5) is 4.79 Å². The Kier molecular flexibility index (Phi) is 6.76. The zero-order chi connectivity index (χ0) is 15.2. The first-order chi connectivity index (χ1) is 9.31. The van der Waals surface area contributed by atoms with Gasteiger partial charge in [-0.3, -0.25) is 0 Å². The van der Waals surface area contributed by atoms with Crippen LogP contribution in [0.15, 0.2) is 0 Å². The number of nitrogens with zero attached hydrogens (tertiary/aromatic N) is 1. The monoisotopic (exact) mass is 286 g/mol. The van der Waals surface area contributed by atoms with Crippen molar-refractivity contribution in [2.24, 2.45) is 0 Å². The molecule has 2 unspecified atom stereocenters. The van der Waals surface area contributed by atoms with Crippen LogP contribution in [0, 0.1) is 0 Å². The van der Waals surface area contributed by atoms with Gasteiger partial charge in [-0.05, 0) is 53.0 Å². The van der Waals surface area contributed by atoms with E-state index in [0.717, 1.165) is 38.8 Å². The van der Waals surface area contributed by atoms with Crippen LogP contribution in [0.2, 0.25) is 0 Å². The Balaban J connectivity index is 2.33. The molecule has 1 amide bonds. The van der Waals surface area contributed by atoms with Crippen molar-refractivity contribution in [2.75, 3.05) is 19.6 Å². The Hall–Kier alpha value is -0.810. The summed E-state index contributed by atoms with van der Waals surface area (Å²) in [5.41, 5.74) is -0.442. The van der Waals surface area contributed by atoms with E-state index in [0.29, 0.717) is 12.6 Å². The summed E-state index contributed by atoms with van der Waals surface area (Å²) in [7, 11) is 0. The maximum atomic E-state index is 12.0. The van der Waals surface area contributed by atoms with Crippen molar-refractivity contribution < 1.29 is 14.6 Å². The molecule has 0 spiro atoms. The van der Waals surface area contributed by atoms with E-state index in [1.807, 2.05) is 27.7 Å². The lowest BCUT2D eigenvalue weighted by Crippen LogP contribution is -2.49. The average Bonchev–Trinajstić information content (AvgIpc) is 2.37. The normalized spacial score (nSPS) is 21.6. The van der Waals surface area contributed by atoms with Gasteiger partial charge in [0.25, 0.3) is 0 Å². The SMILES string of the molecule is CCC(O)CCNC1CCCN(C(=O)OC(C)(C)C)C1. The van der Waals surface area contributed by atoms with Crippen LogP contribution in [-0.4, -0.2) is 53.5 Å². The second kappa shape index (κ2) is 7.84. The molecule has 5 heteroatoms. The molecule has 0 aliphatic carbocycles. The van der Waals surface area contributed by atoms with Gasteiger partial charge in [0.05, 0.1) is 6.10 Å². The molecule has 5 nitrogen and oxygen atoms in total. The first kappa shape index (κ1) is 17.2. The molecule has 1 fully saturated rings. The van der Waals surface area contributed by atoms with E-state index in [9.17, 15) is 9.90 Å². The molecule has 0 aromatic heterocycles. The Morgan fingerprint density at radius 2 is 2.20 bits per heavy atom. The third-order valence-corrected chi connectivity index (χ3v) is 3.45. The highest BCUT2D eigenvalue weighted by atomic mass is 16.6. The molecule has 1 rings (SSSR count). The fourth-order valence-corrected chi connectivity index (χ4v) is 2.29. The molecule has 20 heavy (non-hydrogen) atoms. The summed E-state index contributed by atoms with van der Waals surface area (Å²) in [6.45, 7) is 9.89. The fourth-order valence-electron chi connectivity index (χ4n) is 2.29. The van der Waals surface area contributed by atoms with E-state index in [1.54, 1.807) is 4.90 Å². The molecule has 0 aromatic rings. The predicted molar refractivity (Wildman–Crippen MR) is 79.7 cm³/mol. The lowest BCUT2D eigenvalue weighted by atomic mass is 10.1. The van der Waals surface area contributed by atoms with Gasteiger partial charge in [0.15, 0.2) is 0 Å². The molecule has 1 saturated heterocycles. The summed E-state index contributed by atoms with van der Waals surface area (Å²) in [5, 5.41) is 13.0. The Bertz CT molecular complexity index is 302. The molecule has 0 saturated carbocycles. The second-order valence-corrected chi connectivity index (χ2v) is 6.57. The highest BCUT2D eigenvalue weighted by Crippen LogP contribution is 2.15.